The van der Waals surface area contributed by atoms with Crippen molar-refractivity contribution in [2.24, 2.45) is 0 Å². The molecule has 182 valence electrons. The maximum absolute atomic E-state index is 9.55. The van der Waals surface area contributed by atoms with Crippen LogP contribution in [0.5, 0.6) is 23.0 Å². The number of hydrogen-bond donors (Lipinski definition) is 2. The van der Waals surface area contributed by atoms with E-state index in [0.29, 0.717) is 18.2 Å². The van der Waals surface area contributed by atoms with Crippen LogP contribution in [0.4, 0.5) is 0 Å². The van der Waals surface area contributed by atoms with E-state index in [1.807, 2.05) is 6.07 Å². The fourth-order valence-corrected chi connectivity index (χ4v) is 4.46. The molecule has 2 aromatic rings. The molecule has 34 heavy (non-hydrogen) atoms. The predicted molar refractivity (Wildman–Crippen MR) is 124 cm³/mol. The summed E-state index contributed by atoms with van der Waals surface area (Å²) in [5.41, 5.74) is 5.26. The average molecular weight is 472 g/mol. The van der Waals surface area contributed by atoms with E-state index < -0.39 is 11.9 Å². The van der Waals surface area contributed by atoms with Crippen molar-refractivity contribution in [1.29, 1.82) is 0 Å². The van der Waals surface area contributed by atoms with Gasteiger partial charge in [-0.1, -0.05) is 6.07 Å². The lowest BCUT2D eigenvalue weighted by Crippen LogP contribution is -2.39. The topological polar surface area (TPSA) is 115 Å². The fourth-order valence-electron chi connectivity index (χ4n) is 4.46. The van der Waals surface area contributed by atoms with E-state index in [0.717, 1.165) is 48.9 Å². The van der Waals surface area contributed by atoms with Gasteiger partial charge in [0.25, 0.3) is 0 Å². The Hall–Kier alpha value is -3.72. The molecule has 2 aliphatic rings. The van der Waals surface area contributed by atoms with Gasteiger partial charge in [0, 0.05) is 36.8 Å². The van der Waals surface area contributed by atoms with Gasteiger partial charge in [0.1, 0.15) is 0 Å². The maximum atomic E-state index is 9.55. The highest BCUT2D eigenvalue weighted by Crippen LogP contribution is 2.45. The van der Waals surface area contributed by atoms with Gasteiger partial charge in [-0.2, -0.15) is 0 Å². The Labute approximate surface area is 198 Å². The standard InChI is InChI=1S/C21H25NO4.C4H4O4/c1-23-18-6-5-13-9-17-15-11-20(25-3)19(24-2)10-14(15)7-8-22(17)12-16(13)21(18)26-4;5-3(6)1-2-4(7)8/h5-6,10-11,17H,7-9,12H2,1-4H3;1-2H,(H,5,6)(H,7,8)/t17-;/m1./s1. The molecule has 0 spiro atoms. The summed E-state index contributed by atoms with van der Waals surface area (Å²) < 4.78 is 22.2. The van der Waals surface area contributed by atoms with Crippen LogP contribution in [0.25, 0.3) is 0 Å². The lowest BCUT2D eigenvalue weighted by atomic mass is 9.83. The van der Waals surface area contributed by atoms with Gasteiger partial charge < -0.3 is 29.2 Å². The highest BCUT2D eigenvalue weighted by Gasteiger charge is 2.34. The number of hydrogen-bond acceptors (Lipinski definition) is 7. The number of carbonyl (C=O) groups is 2. The summed E-state index contributed by atoms with van der Waals surface area (Å²) in [5, 5.41) is 15.6. The van der Waals surface area contributed by atoms with Crippen LogP contribution in [-0.2, 0) is 29.0 Å². The first-order valence-corrected chi connectivity index (χ1v) is 10.7. The molecule has 2 N–H and O–H groups in total. The number of nitrogens with zero attached hydrogens (tertiary/aromatic N) is 1. The van der Waals surface area contributed by atoms with Crippen molar-refractivity contribution in [3.05, 3.63) is 58.7 Å². The van der Waals surface area contributed by atoms with E-state index in [2.05, 4.69) is 23.1 Å². The molecule has 1 atom stereocenters. The van der Waals surface area contributed by atoms with E-state index in [4.69, 9.17) is 29.2 Å². The van der Waals surface area contributed by atoms with E-state index in [1.165, 1.54) is 22.3 Å². The van der Waals surface area contributed by atoms with Gasteiger partial charge in [-0.3, -0.25) is 4.90 Å². The molecule has 0 saturated heterocycles. The number of rotatable bonds is 6. The van der Waals surface area contributed by atoms with Gasteiger partial charge in [-0.25, -0.2) is 9.59 Å². The third kappa shape index (κ3) is 5.26. The summed E-state index contributed by atoms with van der Waals surface area (Å²) in [6.07, 6.45) is 3.08. The Kier molecular flexibility index (Phi) is 8.01. The highest BCUT2D eigenvalue weighted by atomic mass is 16.5. The van der Waals surface area contributed by atoms with Gasteiger partial charge >= 0.3 is 11.9 Å². The van der Waals surface area contributed by atoms with Crippen LogP contribution in [0.15, 0.2) is 36.4 Å². The predicted octanol–water partition coefficient (Wildman–Crippen LogP) is 3.09. The molecule has 2 aromatic carbocycles. The third-order valence-corrected chi connectivity index (χ3v) is 6.00. The van der Waals surface area contributed by atoms with Crippen molar-refractivity contribution in [2.75, 3.05) is 35.0 Å². The van der Waals surface area contributed by atoms with Crippen LogP contribution in [0.3, 0.4) is 0 Å². The van der Waals surface area contributed by atoms with Crippen LogP contribution in [0, 0.1) is 0 Å². The molecule has 0 saturated carbocycles. The fraction of sp³-hybridized carbons (Fsp3) is 0.360. The number of fused-ring (bicyclic) bond motifs is 4. The van der Waals surface area contributed by atoms with Crippen LogP contribution >= 0.6 is 0 Å². The van der Waals surface area contributed by atoms with Crippen molar-refractivity contribution < 1.29 is 38.7 Å². The van der Waals surface area contributed by atoms with Crippen LogP contribution in [0.1, 0.15) is 28.3 Å². The lowest BCUT2D eigenvalue weighted by Gasteiger charge is -2.42. The maximum Gasteiger partial charge on any atom is 0.328 e. The minimum atomic E-state index is -1.26. The van der Waals surface area contributed by atoms with Crippen molar-refractivity contribution in [3.63, 3.8) is 0 Å². The van der Waals surface area contributed by atoms with E-state index >= 15 is 0 Å². The molecule has 0 aromatic heterocycles. The molecule has 0 radical (unpaired) electrons. The number of benzene rings is 2. The summed E-state index contributed by atoms with van der Waals surface area (Å²) in [6.45, 7) is 1.89. The first kappa shape index (κ1) is 24.9. The molecule has 0 fully saturated rings. The SMILES string of the molecule is COc1cc2c(cc1OC)[C@H]1Cc3ccc(OC)c(OC)c3CN1CC2.O=C(O)C=CC(=O)O. The second kappa shape index (κ2) is 10.9. The molecule has 9 heteroatoms. The second-order valence-electron chi connectivity index (χ2n) is 7.79. The van der Waals surface area contributed by atoms with Gasteiger partial charge in [-0.15, -0.1) is 0 Å². The number of carboxylic acids is 2. The molecular weight excluding hydrogens is 442 g/mol. The van der Waals surface area contributed by atoms with Crippen molar-refractivity contribution in [1.82, 2.24) is 4.90 Å². The molecule has 2 heterocycles. The largest absolute Gasteiger partial charge is 0.493 e. The molecule has 4 rings (SSSR count). The molecule has 0 unspecified atom stereocenters. The first-order valence-electron chi connectivity index (χ1n) is 10.7. The van der Waals surface area contributed by atoms with E-state index in [1.54, 1.807) is 28.4 Å². The summed E-state index contributed by atoms with van der Waals surface area (Å²) in [5.74, 6) is 0.753. The van der Waals surface area contributed by atoms with Gasteiger partial charge in [0.2, 0.25) is 0 Å². The number of ether oxygens (including phenoxy) is 4. The minimum Gasteiger partial charge on any atom is -0.493 e. The van der Waals surface area contributed by atoms with E-state index in [9.17, 15) is 9.59 Å². The summed E-state index contributed by atoms with van der Waals surface area (Å²) in [4.78, 5) is 21.6. The smallest absolute Gasteiger partial charge is 0.328 e. The Morgan fingerprint density at radius 2 is 1.50 bits per heavy atom. The first-order chi connectivity index (χ1) is 16.3. The molecule has 2 aliphatic heterocycles. The highest BCUT2D eigenvalue weighted by molar-refractivity contribution is 5.89. The Morgan fingerprint density at radius 1 is 0.882 bits per heavy atom. The number of carboxylic acid groups (broad SMARTS) is 2. The van der Waals surface area contributed by atoms with Crippen LogP contribution < -0.4 is 18.9 Å². The average Bonchev–Trinajstić information content (AvgIpc) is 2.84. The molecule has 0 amide bonds. The van der Waals surface area contributed by atoms with Gasteiger partial charge in [0.05, 0.1) is 28.4 Å². The normalized spacial score (nSPS) is 16.3. The number of aliphatic carboxylic acids is 2. The summed E-state index contributed by atoms with van der Waals surface area (Å²) in [7, 11) is 6.79. The zero-order valence-electron chi connectivity index (χ0n) is 19.7. The molecular formula is C25H29NO8. The zero-order valence-corrected chi connectivity index (χ0v) is 19.7. The summed E-state index contributed by atoms with van der Waals surface area (Å²) in [6, 6.07) is 8.81. The van der Waals surface area contributed by atoms with Crippen molar-refractivity contribution in [2.45, 2.75) is 25.4 Å². The summed E-state index contributed by atoms with van der Waals surface area (Å²) >= 11 is 0. The van der Waals surface area contributed by atoms with Crippen molar-refractivity contribution in [3.8, 4) is 23.0 Å². The molecule has 9 nitrogen and oxygen atoms in total. The Morgan fingerprint density at radius 3 is 2.06 bits per heavy atom. The van der Waals surface area contributed by atoms with Gasteiger partial charge in [-0.05, 0) is 47.7 Å². The van der Waals surface area contributed by atoms with Crippen LogP contribution in [0.2, 0.25) is 0 Å². The zero-order chi connectivity index (χ0) is 24.8. The Bertz CT molecular complexity index is 1080. The minimum absolute atomic E-state index is 0.351. The van der Waals surface area contributed by atoms with Crippen LogP contribution in [-0.4, -0.2) is 62.0 Å². The quantitative estimate of drug-likeness (QED) is 0.613. The number of methoxy groups -OCH3 is 4. The second-order valence-corrected chi connectivity index (χ2v) is 7.79. The lowest BCUT2D eigenvalue weighted by molar-refractivity contribution is -0.134. The molecule has 0 bridgehead atoms. The Balaban J connectivity index is 0.000000350. The van der Waals surface area contributed by atoms with Gasteiger partial charge in [0.15, 0.2) is 23.0 Å². The molecule has 0 aliphatic carbocycles. The third-order valence-electron chi connectivity index (χ3n) is 6.00. The monoisotopic (exact) mass is 471 g/mol. The van der Waals surface area contributed by atoms with E-state index in [-0.39, 0.29) is 0 Å². The van der Waals surface area contributed by atoms with Crippen molar-refractivity contribution >= 4 is 11.9 Å².